The Morgan fingerprint density at radius 3 is 2.33 bits per heavy atom. The molecule has 0 aliphatic carbocycles. The lowest BCUT2D eigenvalue weighted by atomic mass is 9.87. The van der Waals surface area contributed by atoms with Crippen LogP contribution >= 0.6 is 0 Å². The minimum absolute atomic E-state index is 0.105. The Morgan fingerprint density at radius 2 is 1.76 bits per heavy atom. The molecule has 1 N–H and O–H groups in total. The van der Waals surface area contributed by atoms with Crippen LogP contribution in [0.2, 0.25) is 0 Å². The normalized spacial score (nSPS) is 16.9. The van der Waals surface area contributed by atoms with Crippen LogP contribution in [0.1, 0.15) is 43.0 Å². The van der Waals surface area contributed by atoms with Crippen LogP contribution in [0.3, 0.4) is 0 Å². The Labute approximate surface area is 193 Å². The molecule has 2 amide bonds. The molecule has 7 nitrogen and oxygen atoms in total. The van der Waals surface area contributed by atoms with Crippen molar-refractivity contribution in [3.8, 4) is 11.5 Å². The number of carbonyl (C=O) groups is 2. The number of urea groups is 1. The van der Waals surface area contributed by atoms with Gasteiger partial charge < -0.3 is 24.4 Å². The molecule has 3 atom stereocenters. The lowest BCUT2D eigenvalue weighted by Crippen LogP contribution is -2.53. The summed E-state index contributed by atoms with van der Waals surface area (Å²) in [5.41, 5.74) is 2.62. The maximum absolute atomic E-state index is 13.7. The van der Waals surface area contributed by atoms with Crippen molar-refractivity contribution in [1.29, 1.82) is 0 Å². The summed E-state index contributed by atoms with van der Waals surface area (Å²) in [6.07, 6.45) is 1.29. The first kappa shape index (κ1) is 24.4. The Bertz CT molecular complexity index is 995. The number of fused-ring (bicyclic) bond motifs is 1. The maximum atomic E-state index is 13.7. The molecule has 0 radical (unpaired) electrons. The molecule has 0 fully saturated rings. The van der Waals surface area contributed by atoms with Crippen LogP contribution in [0.15, 0.2) is 36.4 Å². The van der Waals surface area contributed by atoms with Crippen molar-refractivity contribution in [1.82, 2.24) is 10.2 Å². The van der Waals surface area contributed by atoms with E-state index in [1.54, 1.807) is 31.3 Å². The highest BCUT2D eigenvalue weighted by molar-refractivity contribution is 5.84. The van der Waals surface area contributed by atoms with Gasteiger partial charge in [0.1, 0.15) is 11.9 Å². The van der Waals surface area contributed by atoms with Crippen molar-refractivity contribution in [2.24, 2.45) is 5.92 Å². The molecule has 1 heterocycles. The summed E-state index contributed by atoms with van der Waals surface area (Å²) >= 11 is 0. The molecule has 8 heteroatoms. The zero-order valence-electron chi connectivity index (χ0n) is 19.7. The molecule has 2 aromatic carbocycles. The van der Waals surface area contributed by atoms with Crippen LogP contribution < -0.4 is 14.8 Å². The molecular weight excluding hydrogens is 427 g/mol. The molecule has 0 bridgehead atoms. The summed E-state index contributed by atoms with van der Waals surface area (Å²) in [6.45, 7) is 4.25. The Hall–Kier alpha value is -3.29. The monoisotopic (exact) mass is 458 g/mol. The molecule has 2 unspecified atom stereocenters. The maximum Gasteiger partial charge on any atom is 0.328 e. The third kappa shape index (κ3) is 5.05. The van der Waals surface area contributed by atoms with Crippen molar-refractivity contribution < 1.29 is 28.2 Å². The quantitative estimate of drug-likeness (QED) is 0.633. The molecule has 0 aromatic heterocycles. The predicted octanol–water partition coefficient (Wildman–Crippen LogP) is 4.09. The molecule has 0 spiro atoms. The molecule has 3 rings (SSSR count). The summed E-state index contributed by atoms with van der Waals surface area (Å²) in [5, 5.41) is 2.86. The Morgan fingerprint density at radius 1 is 1.12 bits per heavy atom. The van der Waals surface area contributed by atoms with Crippen molar-refractivity contribution in [2.45, 2.75) is 38.8 Å². The first-order chi connectivity index (χ1) is 15.8. The summed E-state index contributed by atoms with van der Waals surface area (Å²) in [4.78, 5) is 27.5. The van der Waals surface area contributed by atoms with Gasteiger partial charge >= 0.3 is 12.0 Å². The first-order valence-electron chi connectivity index (χ1n) is 11.0. The summed E-state index contributed by atoms with van der Waals surface area (Å²) in [6, 6.07) is 8.19. The van der Waals surface area contributed by atoms with Crippen molar-refractivity contribution in [2.75, 3.05) is 27.9 Å². The minimum Gasteiger partial charge on any atom is -0.493 e. The third-order valence-electron chi connectivity index (χ3n) is 6.27. The number of hydrogen-bond donors (Lipinski definition) is 1. The van der Waals surface area contributed by atoms with Gasteiger partial charge in [-0.3, -0.25) is 0 Å². The summed E-state index contributed by atoms with van der Waals surface area (Å²) in [5.74, 6) is 0.194. The van der Waals surface area contributed by atoms with Gasteiger partial charge in [-0.2, -0.15) is 0 Å². The molecule has 0 saturated heterocycles. The van der Waals surface area contributed by atoms with Crippen LogP contribution in [0.25, 0.3) is 0 Å². The number of nitrogens with zero attached hydrogens (tertiary/aromatic N) is 1. The van der Waals surface area contributed by atoms with Crippen LogP contribution in [-0.2, 0) is 16.0 Å². The van der Waals surface area contributed by atoms with Crippen LogP contribution in [-0.4, -0.2) is 50.8 Å². The van der Waals surface area contributed by atoms with E-state index in [0.717, 1.165) is 16.7 Å². The van der Waals surface area contributed by atoms with E-state index in [-0.39, 0.29) is 17.8 Å². The van der Waals surface area contributed by atoms with Crippen LogP contribution in [0.5, 0.6) is 11.5 Å². The standard InChI is InChI=1S/C25H31FN2O5/c1-6-15(2)22(24(29)33-5)27-25(30)28-12-11-17-13-20(31-3)21(32-4)14-19(17)23(28)16-7-9-18(26)10-8-16/h7-10,13-15,22-23H,6,11-12H2,1-5H3,(H,27,30)/t15?,22-,23?/m1/s1. The fourth-order valence-corrected chi connectivity index (χ4v) is 4.18. The average Bonchev–Trinajstić information content (AvgIpc) is 2.85. The van der Waals surface area contributed by atoms with Gasteiger partial charge in [0.2, 0.25) is 0 Å². The zero-order valence-corrected chi connectivity index (χ0v) is 19.7. The second-order valence-electron chi connectivity index (χ2n) is 8.14. The van der Waals surface area contributed by atoms with Crippen LogP contribution in [0.4, 0.5) is 9.18 Å². The highest BCUT2D eigenvalue weighted by atomic mass is 19.1. The topological polar surface area (TPSA) is 77.1 Å². The van der Waals surface area contributed by atoms with Gasteiger partial charge in [-0.15, -0.1) is 0 Å². The second-order valence-corrected chi connectivity index (χ2v) is 8.14. The lowest BCUT2D eigenvalue weighted by Gasteiger charge is -2.39. The number of ether oxygens (including phenoxy) is 3. The number of esters is 1. The van der Waals surface area contributed by atoms with E-state index in [9.17, 15) is 14.0 Å². The Balaban J connectivity index is 2.04. The van der Waals surface area contributed by atoms with E-state index in [2.05, 4.69) is 5.32 Å². The molecule has 2 aromatic rings. The van der Waals surface area contributed by atoms with Gasteiger partial charge in [-0.1, -0.05) is 32.4 Å². The number of benzene rings is 2. The van der Waals surface area contributed by atoms with Crippen molar-refractivity contribution >= 4 is 12.0 Å². The van der Waals surface area contributed by atoms with E-state index in [0.29, 0.717) is 30.9 Å². The van der Waals surface area contributed by atoms with E-state index in [1.807, 2.05) is 26.0 Å². The first-order valence-corrected chi connectivity index (χ1v) is 11.0. The molecule has 1 aliphatic heterocycles. The number of amides is 2. The van der Waals surface area contributed by atoms with E-state index < -0.39 is 18.1 Å². The second kappa shape index (κ2) is 10.6. The molecular formula is C25H31FN2O5. The number of rotatable bonds is 7. The fourth-order valence-electron chi connectivity index (χ4n) is 4.18. The van der Waals surface area contributed by atoms with Gasteiger partial charge in [0.25, 0.3) is 0 Å². The molecule has 178 valence electrons. The van der Waals surface area contributed by atoms with Gasteiger partial charge in [0.15, 0.2) is 11.5 Å². The lowest BCUT2D eigenvalue weighted by molar-refractivity contribution is -0.144. The van der Waals surface area contributed by atoms with Crippen LogP contribution in [0, 0.1) is 11.7 Å². The molecule has 33 heavy (non-hydrogen) atoms. The predicted molar refractivity (Wildman–Crippen MR) is 122 cm³/mol. The van der Waals surface area contributed by atoms with E-state index in [1.165, 1.54) is 19.2 Å². The highest BCUT2D eigenvalue weighted by Crippen LogP contribution is 2.41. The van der Waals surface area contributed by atoms with Gasteiger partial charge in [-0.05, 0) is 53.3 Å². The van der Waals surface area contributed by atoms with E-state index >= 15 is 0 Å². The largest absolute Gasteiger partial charge is 0.493 e. The van der Waals surface area contributed by atoms with E-state index in [4.69, 9.17) is 14.2 Å². The number of methoxy groups -OCH3 is 3. The number of hydrogen-bond acceptors (Lipinski definition) is 5. The van der Waals surface area contributed by atoms with Gasteiger partial charge in [0, 0.05) is 6.54 Å². The number of carbonyl (C=O) groups excluding carboxylic acids is 2. The average molecular weight is 459 g/mol. The summed E-state index contributed by atoms with van der Waals surface area (Å²) in [7, 11) is 4.44. The number of nitrogens with one attached hydrogen (secondary N) is 1. The number of halogens is 1. The minimum atomic E-state index is -0.770. The fraction of sp³-hybridized carbons (Fsp3) is 0.440. The zero-order chi connectivity index (χ0) is 24.1. The smallest absolute Gasteiger partial charge is 0.328 e. The SMILES string of the molecule is CCC(C)[C@@H](NC(=O)N1CCc2cc(OC)c(OC)cc2C1c1ccc(F)cc1)C(=O)OC. The van der Waals surface area contributed by atoms with Gasteiger partial charge in [-0.25, -0.2) is 14.0 Å². The highest BCUT2D eigenvalue weighted by Gasteiger charge is 2.36. The Kier molecular flexibility index (Phi) is 7.79. The molecule has 0 saturated carbocycles. The van der Waals surface area contributed by atoms with Gasteiger partial charge in [0.05, 0.1) is 27.4 Å². The molecule has 1 aliphatic rings. The van der Waals surface area contributed by atoms with Crippen molar-refractivity contribution in [3.05, 3.63) is 58.9 Å². The van der Waals surface area contributed by atoms with Crippen molar-refractivity contribution in [3.63, 3.8) is 0 Å². The third-order valence-corrected chi connectivity index (χ3v) is 6.27. The summed E-state index contributed by atoms with van der Waals surface area (Å²) < 4.78 is 29.5.